The first kappa shape index (κ1) is 8.49. The fourth-order valence-electron chi connectivity index (χ4n) is 1.03. The van der Waals surface area contributed by atoms with Crippen LogP contribution in [-0.2, 0) is 11.3 Å². The van der Waals surface area contributed by atoms with Crippen LogP contribution in [0.2, 0.25) is 0 Å². The van der Waals surface area contributed by atoms with Crippen LogP contribution in [0.4, 0.5) is 0 Å². The number of furan rings is 1. The van der Waals surface area contributed by atoms with Crippen LogP contribution in [0.25, 0.3) is 11.6 Å². The molecule has 2 rings (SSSR count). The summed E-state index contributed by atoms with van der Waals surface area (Å²) in [4.78, 5) is 14.3. The quantitative estimate of drug-likeness (QED) is 0.772. The predicted molar refractivity (Wildman–Crippen MR) is 45.4 cm³/mol. The van der Waals surface area contributed by atoms with E-state index in [2.05, 4.69) is 10.1 Å². The molecule has 0 bridgehead atoms. The van der Waals surface area contributed by atoms with Crippen molar-refractivity contribution in [1.82, 2.24) is 14.8 Å². The fraction of sp³-hybridized carbons (Fsp3) is 0.125. The van der Waals surface area contributed by atoms with Crippen molar-refractivity contribution in [3.63, 3.8) is 0 Å². The molecule has 72 valence electrons. The average molecular weight is 193 g/mol. The van der Waals surface area contributed by atoms with Gasteiger partial charge < -0.3 is 9.52 Å². The third-order valence-corrected chi connectivity index (χ3v) is 1.58. The smallest absolute Gasteiger partial charge is 0.325 e. The third kappa shape index (κ3) is 1.63. The van der Waals surface area contributed by atoms with Crippen molar-refractivity contribution in [2.75, 3.05) is 0 Å². The van der Waals surface area contributed by atoms with Gasteiger partial charge in [0.05, 0.1) is 6.26 Å². The van der Waals surface area contributed by atoms with Crippen LogP contribution in [0, 0.1) is 0 Å². The standard InChI is InChI=1S/C8H7N3O3/c12-7(13)4-11-5-9-8(10-11)6-2-1-3-14-6/h1-3,5H,4H2,(H,12,13). The summed E-state index contributed by atoms with van der Waals surface area (Å²) in [5.41, 5.74) is 0. The zero-order valence-corrected chi connectivity index (χ0v) is 7.12. The first-order chi connectivity index (χ1) is 6.75. The van der Waals surface area contributed by atoms with Gasteiger partial charge in [0.2, 0.25) is 5.82 Å². The Bertz CT molecular complexity index is 432. The van der Waals surface area contributed by atoms with Gasteiger partial charge in [-0.15, -0.1) is 5.10 Å². The molecule has 0 amide bonds. The number of carboxylic acid groups (broad SMARTS) is 1. The summed E-state index contributed by atoms with van der Waals surface area (Å²) >= 11 is 0. The molecule has 0 saturated heterocycles. The first-order valence-electron chi connectivity index (χ1n) is 3.91. The second kappa shape index (κ2) is 3.33. The predicted octanol–water partition coefficient (Wildman–Crippen LogP) is 0.623. The van der Waals surface area contributed by atoms with E-state index in [4.69, 9.17) is 9.52 Å². The largest absolute Gasteiger partial charge is 0.480 e. The van der Waals surface area contributed by atoms with E-state index in [1.165, 1.54) is 17.3 Å². The molecule has 1 N–H and O–H groups in total. The van der Waals surface area contributed by atoms with Crippen LogP contribution < -0.4 is 0 Å². The minimum atomic E-state index is -0.958. The van der Waals surface area contributed by atoms with Crippen LogP contribution in [0.1, 0.15) is 0 Å². The molecule has 0 aliphatic carbocycles. The van der Waals surface area contributed by atoms with Crippen LogP contribution in [0.15, 0.2) is 29.1 Å². The molecule has 2 heterocycles. The van der Waals surface area contributed by atoms with E-state index in [9.17, 15) is 4.79 Å². The number of hydrogen-bond donors (Lipinski definition) is 1. The van der Waals surface area contributed by atoms with Crippen LogP contribution in [-0.4, -0.2) is 25.8 Å². The van der Waals surface area contributed by atoms with Gasteiger partial charge in [-0.25, -0.2) is 9.67 Å². The second-order valence-electron chi connectivity index (χ2n) is 2.64. The molecule has 14 heavy (non-hydrogen) atoms. The van der Waals surface area contributed by atoms with Gasteiger partial charge in [-0.1, -0.05) is 0 Å². The molecular formula is C8H7N3O3. The number of nitrogens with zero attached hydrogens (tertiary/aromatic N) is 3. The lowest BCUT2D eigenvalue weighted by Gasteiger charge is -1.91. The highest BCUT2D eigenvalue weighted by Crippen LogP contribution is 2.13. The van der Waals surface area contributed by atoms with Gasteiger partial charge in [0, 0.05) is 0 Å². The summed E-state index contributed by atoms with van der Waals surface area (Å²) in [5.74, 6) is -0.0497. The normalized spacial score (nSPS) is 10.3. The molecule has 2 aromatic rings. The van der Waals surface area contributed by atoms with Gasteiger partial charge in [-0.05, 0) is 12.1 Å². The van der Waals surface area contributed by atoms with E-state index >= 15 is 0 Å². The SMILES string of the molecule is O=C(O)Cn1cnc(-c2ccco2)n1. The number of rotatable bonds is 3. The summed E-state index contributed by atoms with van der Waals surface area (Å²) in [5, 5.41) is 12.4. The molecule has 0 aliphatic rings. The Balaban J connectivity index is 2.22. The second-order valence-corrected chi connectivity index (χ2v) is 2.64. The van der Waals surface area contributed by atoms with Crippen molar-refractivity contribution < 1.29 is 14.3 Å². The van der Waals surface area contributed by atoms with E-state index in [1.54, 1.807) is 12.1 Å². The van der Waals surface area contributed by atoms with Crippen molar-refractivity contribution in [1.29, 1.82) is 0 Å². The number of carboxylic acids is 1. The number of aromatic nitrogens is 3. The molecule has 0 aromatic carbocycles. The van der Waals surface area contributed by atoms with Gasteiger partial charge in [0.25, 0.3) is 0 Å². The summed E-state index contributed by atoms with van der Waals surface area (Å²) in [6, 6.07) is 3.42. The van der Waals surface area contributed by atoms with Crippen molar-refractivity contribution in [3.8, 4) is 11.6 Å². The molecule has 0 radical (unpaired) electrons. The lowest BCUT2D eigenvalue weighted by molar-refractivity contribution is -0.137. The van der Waals surface area contributed by atoms with Gasteiger partial charge in [-0.3, -0.25) is 4.79 Å². The van der Waals surface area contributed by atoms with Crippen molar-refractivity contribution in [2.24, 2.45) is 0 Å². The zero-order valence-electron chi connectivity index (χ0n) is 7.12. The van der Waals surface area contributed by atoms with Gasteiger partial charge >= 0.3 is 5.97 Å². The third-order valence-electron chi connectivity index (χ3n) is 1.58. The fourth-order valence-corrected chi connectivity index (χ4v) is 1.03. The minimum absolute atomic E-state index is 0.201. The summed E-state index contributed by atoms with van der Waals surface area (Å²) in [7, 11) is 0. The van der Waals surface area contributed by atoms with Crippen LogP contribution in [0.5, 0.6) is 0 Å². The van der Waals surface area contributed by atoms with E-state index in [0.29, 0.717) is 11.6 Å². The molecule has 0 unspecified atom stereocenters. The molecule has 2 aromatic heterocycles. The molecule has 0 atom stereocenters. The van der Waals surface area contributed by atoms with E-state index in [1.807, 2.05) is 0 Å². The monoisotopic (exact) mass is 193 g/mol. The first-order valence-corrected chi connectivity index (χ1v) is 3.91. The van der Waals surface area contributed by atoms with Crippen molar-refractivity contribution in [2.45, 2.75) is 6.54 Å². The van der Waals surface area contributed by atoms with E-state index < -0.39 is 5.97 Å². The summed E-state index contributed by atoms with van der Waals surface area (Å²) in [6.45, 7) is -0.201. The number of carbonyl (C=O) groups is 1. The molecule has 6 nitrogen and oxygen atoms in total. The molecule has 0 fully saturated rings. The van der Waals surface area contributed by atoms with Crippen LogP contribution in [0.3, 0.4) is 0 Å². The highest BCUT2D eigenvalue weighted by molar-refractivity contribution is 5.66. The Labute approximate surface area is 78.8 Å². The maximum Gasteiger partial charge on any atom is 0.325 e. The summed E-state index contributed by atoms with van der Waals surface area (Å²) in [6.07, 6.45) is 2.86. The Morgan fingerprint density at radius 1 is 1.64 bits per heavy atom. The maximum absolute atomic E-state index is 10.4. The Morgan fingerprint density at radius 3 is 3.14 bits per heavy atom. The molecular weight excluding hydrogens is 186 g/mol. The van der Waals surface area contributed by atoms with Gasteiger partial charge in [0.15, 0.2) is 5.76 Å². The molecule has 0 aliphatic heterocycles. The highest BCUT2D eigenvalue weighted by Gasteiger charge is 2.07. The lowest BCUT2D eigenvalue weighted by Crippen LogP contribution is -2.08. The molecule has 6 heteroatoms. The zero-order chi connectivity index (χ0) is 9.97. The molecule has 0 saturated carbocycles. The summed E-state index contributed by atoms with van der Waals surface area (Å²) < 4.78 is 6.29. The Morgan fingerprint density at radius 2 is 2.50 bits per heavy atom. The lowest BCUT2D eigenvalue weighted by atomic mass is 10.4. The Kier molecular flexibility index (Phi) is 2.02. The van der Waals surface area contributed by atoms with Crippen molar-refractivity contribution in [3.05, 3.63) is 24.7 Å². The maximum atomic E-state index is 10.4. The molecule has 0 spiro atoms. The average Bonchev–Trinajstić information content (AvgIpc) is 2.69. The minimum Gasteiger partial charge on any atom is -0.480 e. The van der Waals surface area contributed by atoms with E-state index in [0.717, 1.165) is 0 Å². The number of aliphatic carboxylic acids is 1. The van der Waals surface area contributed by atoms with E-state index in [-0.39, 0.29) is 6.54 Å². The highest BCUT2D eigenvalue weighted by atomic mass is 16.4. The van der Waals surface area contributed by atoms with Gasteiger partial charge in [0.1, 0.15) is 12.9 Å². The van der Waals surface area contributed by atoms with Gasteiger partial charge in [-0.2, -0.15) is 0 Å². The van der Waals surface area contributed by atoms with Crippen molar-refractivity contribution >= 4 is 5.97 Å². The topological polar surface area (TPSA) is 81.1 Å². The number of hydrogen-bond acceptors (Lipinski definition) is 4. The Hall–Kier alpha value is -2.11. The van der Waals surface area contributed by atoms with Crippen LogP contribution >= 0.6 is 0 Å².